The molecule has 0 unspecified atom stereocenters. The molecule has 3 aromatic carbocycles. The molecule has 5 nitrogen and oxygen atoms in total. The number of allylic oxidation sites excluding steroid dienone is 1. The second-order valence-corrected chi connectivity index (χ2v) is 8.15. The van der Waals surface area contributed by atoms with Crippen molar-refractivity contribution in [3.05, 3.63) is 83.4 Å². The average Bonchev–Trinajstić information content (AvgIpc) is 3.54. The molecule has 1 aliphatic carbocycles. The molecule has 0 spiro atoms. The standard InChI is InChI=1S/C27H27NO4/c1-28-14-15-30-23-11-6-20(7-12-23)26(19-4-9-22(29)10-5-19)27(18-2-3-18)21-8-13-24-25(16-21)32-17-31-24/h4-13,16,18,28-29H,2-3,14-15,17H2,1H3/b27-26+. The van der Waals surface area contributed by atoms with E-state index in [9.17, 15) is 5.11 Å². The summed E-state index contributed by atoms with van der Waals surface area (Å²) >= 11 is 0. The summed E-state index contributed by atoms with van der Waals surface area (Å²) < 4.78 is 17.0. The highest BCUT2D eigenvalue weighted by atomic mass is 16.7. The fourth-order valence-electron chi connectivity index (χ4n) is 4.11. The Bertz CT molecular complexity index is 1120. The molecule has 0 aromatic heterocycles. The molecular weight excluding hydrogens is 402 g/mol. The van der Waals surface area contributed by atoms with Crippen molar-refractivity contribution < 1.29 is 19.3 Å². The number of phenols is 1. The fraction of sp³-hybridized carbons (Fsp3) is 0.259. The number of aromatic hydroxyl groups is 1. The summed E-state index contributed by atoms with van der Waals surface area (Å²) in [7, 11) is 1.91. The molecule has 2 aliphatic rings. The molecule has 1 fully saturated rings. The van der Waals surface area contributed by atoms with Gasteiger partial charge in [-0.1, -0.05) is 30.3 Å². The molecular formula is C27H27NO4. The van der Waals surface area contributed by atoms with Crippen molar-refractivity contribution >= 4 is 11.1 Å². The van der Waals surface area contributed by atoms with Crippen LogP contribution in [0.3, 0.4) is 0 Å². The Morgan fingerprint density at radius 3 is 2.25 bits per heavy atom. The van der Waals surface area contributed by atoms with Gasteiger partial charge in [-0.2, -0.15) is 0 Å². The predicted octanol–water partition coefficient (Wildman–Crippen LogP) is 5.09. The maximum atomic E-state index is 9.86. The minimum Gasteiger partial charge on any atom is -0.508 e. The van der Waals surface area contributed by atoms with E-state index in [0.29, 0.717) is 12.5 Å². The fourth-order valence-corrected chi connectivity index (χ4v) is 4.11. The number of phenolic OH excluding ortho intramolecular Hbond substituents is 1. The predicted molar refractivity (Wildman–Crippen MR) is 125 cm³/mol. The first-order chi connectivity index (χ1) is 15.7. The SMILES string of the molecule is CNCCOc1ccc(/C(=C(/c2ccc3c(c2)OCO3)C2CC2)c2ccc(O)cc2)cc1. The average molecular weight is 430 g/mol. The Kier molecular flexibility index (Phi) is 5.73. The molecule has 164 valence electrons. The summed E-state index contributed by atoms with van der Waals surface area (Å²) in [6.07, 6.45) is 2.33. The zero-order chi connectivity index (χ0) is 21.9. The maximum Gasteiger partial charge on any atom is 0.231 e. The molecule has 1 aliphatic heterocycles. The van der Waals surface area contributed by atoms with Crippen molar-refractivity contribution in [2.45, 2.75) is 12.8 Å². The Hall–Kier alpha value is -3.44. The van der Waals surface area contributed by atoms with Crippen LogP contribution in [0.2, 0.25) is 0 Å². The largest absolute Gasteiger partial charge is 0.508 e. The van der Waals surface area contributed by atoms with Gasteiger partial charge in [-0.15, -0.1) is 0 Å². The van der Waals surface area contributed by atoms with Crippen molar-refractivity contribution in [1.82, 2.24) is 5.32 Å². The molecule has 0 bridgehead atoms. The van der Waals surface area contributed by atoms with Crippen LogP contribution in [0.5, 0.6) is 23.0 Å². The van der Waals surface area contributed by atoms with Crippen LogP contribution >= 0.6 is 0 Å². The minimum atomic E-state index is 0.262. The second-order valence-electron chi connectivity index (χ2n) is 8.15. The zero-order valence-electron chi connectivity index (χ0n) is 18.1. The normalized spacial score (nSPS) is 15.4. The van der Waals surface area contributed by atoms with Gasteiger partial charge >= 0.3 is 0 Å². The molecule has 3 aromatic rings. The van der Waals surface area contributed by atoms with Crippen molar-refractivity contribution in [1.29, 1.82) is 0 Å². The van der Waals surface area contributed by atoms with Crippen molar-refractivity contribution in [2.75, 3.05) is 27.0 Å². The van der Waals surface area contributed by atoms with E-state index in [4.69, 9.17) is 14.2 Å². The Balaban J connectivity index is 1.61. The quantitative estimate of drug-likeness (QED) is 0.386. The van der Waals surface area contributed by atoms with Gasteiger partial charge in [-0.3, -0.25) is 0 Å². The highest BCUT2D eigenvalue weighted by Crippen LogP contribution is 2.49. The van der Waals surface area contributed by atoms with Gasteiger partial charge < -0.3 is 24.6 Å². The molecule has 1 heterocycles. The van der Waals surface area contributed by atoms with Crippen molar-refractivity contribution in [3.8, 4) is 23.0 Å². The lowest BCUT2D eigenvalue weighted by atomic mass is 9.87. The number of nitrogens with one attached hydrogen (secondary N) is 1. The van der Waals surface area contributed by atoms with E-state index in [1.807, 2.05) is 37.4 Å². The van der Waals surface area contributed by atoms with Crippen LogP contribution in [0.4, 0.5) is 0 Å². The summed E-state index contributed by atoms with van der Waals surface area (Å²) in [6, 6.07) is 21.9. The molecule has 0 amide bonds. The molecule has 2 N–H and O–H groups in total. The van der Waals surface area contributed by atoms with E-state index in [1.54, 1.807) is 12.1 Å². The van der Waals surface area contributed by atoms with E-state index < -0.39 is 0 Å². The lowest BCUT2D eigenvalue weighted by Crippen LogP contribution is -2.15. The number of ether oxygens (including phenoxy) is 3. The third-order valence-corrected chi connectivity index (χ3v) is 5.86. The summed E-state index contributed by atoms with van der Waals surface area (Å²) in [4.78, 5) is 0. The lowest BCUT2D eigenvalue weighted by molar-refractivity contribution is 0.174. The molecule has 1 saturated carbocycles. The van der Waals surface area contributed by atoms with Crippen LogP contribution in [0.1, 0.15) is 29.5 Å². The Labute approximate surface area is 188 Å². The topological polar surface area (TPSA) is 60.0 Å². The minimum absolute atomic E-state index is 0.262. The summed E-state index contributed by atoms with van der Waals surface area (Å²) in [5.74, 6) is 3.19. The number of fused-ring (bicyclic) bond motifs is 1. The van der Waals surface area contributed by atoms with Crippen LogP contribution < -0.4 is 19.5 Å². The van der Waals surface area contributed by atoms with Crippen LogP contribution in [-0.4, -0.2) is 32.1 Å². The van der Waals surface area contributed by atoms with Gasteiger partial charge in [-0.25, -0.2) is 0 Å². The van der Waals surface area contributed by atoms with Crippen LogP contribution in [-0.2, 0) is 0 Å². The van der Waals surface area contributed by atoms with Crippen molar-refractivity contribution in [3.63, 3.8) is 0 Å². The van der Waals surface area contributed by atoms with E-state index in [1.165, 1.54) is 11.1 Å². The molecule has 5 heteroatoms. The molecule has 5 rings (SSSR count). The van der Waals surface area contributed by atoms with Crippen molar-refractivity contribution in [2.24, 2.45) is 5.92 Å². The first-order valence-corrected chi connectivity index (χ1v) is 11.0. The number of hydrogen-bond acceptors (Lipinski definition) is 5. The third kappa shape index (κ3) is 4.30. The van der Waals surface area contributed by atoms with Crippen LogP contribution in [0.25, 0.3) is 11.1 Å². The van der Waals surface area contributed by atoms with Crippen LogP contribution in [0, 0.1) is 5.92 Å². The first-order valence-electron chi connectivity index (χ1n) is 11.0. The third-order valence-electron chi connectivity index (χ3n) is 5.86. The molecule has 32 heavy (non-hydrogen) atoms. The first kappa shape index (κ1) is 20.5. The summed E-state index contributed by atoms with van der Waals surface area (Å²) in [6.45, 7) is 1.69. The number of benzene rings is 3. The molecule has 0 radical (unpaired) electrons. The highest BCUT2D eigenvalue weighted by Gasteiger charge is 2.31. The smallest absolute Gasteiger partial charge is 0.231 e. The van der Waals surface area contributed by atoms with E-state index in [2.05, 4.69) is 29.6 Å². The van der Waals surface area contributed by atoms with E-state index >= 15 is 0 Å². The lowest BCUT2D eigenvalue weighted by Gasteiger charge is -2.18. The Morgan fingerprint density at radius 1 is 0.906 bits per heavy atom. The van der Waals surface area contributed by atoms with Gasteiger partial charge in [0.15, 0.2) is 11.5 Å². The number of rotatable bonds is 8. The Morgan fingerprint density at radius 2 is 1.56 bits per heavy atom. The van der Waals surface area contributed by atoms with Gasteiger partial charge in [-0.05, 0) is 90.0 Å². The number of likely N-dealkylation sites (N-methyl/N-ethyl adjacent to an activating group) is 1. The highest BCUT2D eigenvalue weighted by molar-refractivity contribution is 6.00. The van der Waals surface area contributed by atoms with Gasteiger partial charge in [0.1, 0.15) is 18.1 Å². The summed E-state index contributed by atoms with van der Waals surface area (Å²) in [5, 5.41) is 13.0. The second kappa shape index (κ2) is 8.97. The van der Waals surface area contributed by atoms with E-state index in [0.717, 1.165) is 53.3 Å². The molecule has 0 saturated heterocycles. The van der Waals surface area contributed by atoms with Crippen LogP contribution in [0.15, 0.2) is 66.7 Å². The van der Waals surface area contributed by atoms with Gasteiger partial charge in [0.05, 0.1) is 0 Å². The molecule has 0 atom stereocenters. The van der Waals surface area contributed by atoms with E-state index in [-0.39, 0.29) is 12.5 Å². The van der Waals surface area contributed by atoms with Gasteiger partial charge in [0.2, 0.25) is 6.79 Å². The monoisotopic (exact) mass is 429 g/mol. The summed E-state index contributed by atoms with van der Waals surface area (Å²) in [5.41, 5.74) is 5.82. The zero-order valence-corrected chi connectivity index (χ0v) is 18.1. The number of hydrogen-bond donors (Lipinski definition) is 2. The van der Waals surface area contributed by atoms with Gasteiger partial charge in [0, 0.05) is 6.54 Å². The van der Waals surface area contributed by atoms with Gasteiger partial charge in [0.25, 0.3) is 0 Å². The maximum absolute atomic E-state index is 9.86.